The minimum absolute atomic E-state index is 0.0719. The first kappa shape index (κ1) is 14.3. The van der Waals surface area contributed by atoms with E-state index in [0.29, 0.717) is 19.6 Å². The Balaban J connectivity index is 2.52. The first-order chi connectivity index (χ1) is 8.67. The van der Waals surface area contributed by atoms with Gasteiger partial charge in [0.25, 0.3) is 0 Å². The number of aliphatic hydroxyl groups is 1. The van der Waals surface area contributed by atoms with Crippen molar-refractivity contribution in [1.82, 2.24) is 5.32 Å². The zero-order valence-corrected chi connectivity index (χ0v) is 10.8. The summed E-state index contributed by atoms with van der Waals surface area (Å²) in [4.78, 5) is 11.5. The Hall–Kier alpha value is -1.75. The van der Waals surface area contributed by atoms with Crippen LogP contribution in [0.15, 0.2) is 18.2 Å². The molecular weight excluding hydrogens is 232 g/mol. The van der Waals surface area contributed by atoms with Crippen LogP contribution >= 0.6 is 0 Å². The van der Waals surface area contributed by atoms with E-state index in [1.165, 1.54) is 0 Å². The van der Waals surface area contributed by atoms with Gasteiger partial charge in [-0.25, -0.2) is 4.79 Å². The lowest BCUT2D eigenvalue weighted by molar-refractivity contribution is 0.249. The maximum Gasteiger partial charge on any atom is 0.319 e. The summed E-state index contributed by atoms with van der Waals surface area (Å²) < 4.78 is 5.42. The minimum Gasteiger partial charge on any atom is -0.494 e. The summed E-state index contributed by atoms with van der Waals surface area (Å²) in [7, 11) is 0. The zero-order chi connectivity index (χ0) is 13.4. The standard InChI is InChI=1S/C13H20N2O3/c1-3-18-12-6-5-11(9-10(12)2)15-13(17)14-7-4-8-16/h5-6,9,16H,3-4,7-8H2,1-2H3,(H2,14,15,17). The first-order valence-corrected chi connectivity index (χ1v) is 6.06. The molecule has 0 bridgehead atoms. The van der Waals surface area contributed by atoms with E-state index >= 15 is 0 Å². The lowest BCUT2D eigenvalue weighted by atomic mass is 10.2. The first-order valence-electron chi connectivity index (χ1n) is 6.06. The molecule has 0 atom stereocenters. The molecule has 0 aromatic heterocycles. The number of urea groups is 1. The normalized spacial score (nSPS) is 9.94. The molecule has 0 saturated carbocycles. The molecule has 0 radical (unpaired) electrons. The van der Waals surface area contributed by atoms with E-state index in [-0.39, 0.29) is 12.6 Å². The number of hydrogen-bond donors (Lipinski definition) is 3. The number of rotatable bonds is 6. The number of carbonyl (C=O) groups excluding carboxylic acids is 1. The van der Waals surface area contributed by atoms with Crippen LogP contribution in [-0.2, 0) is 0 Å². The van der Waals surface area contributed by atoms with Gasteiger partial charge in [-0.1, -0.05) is 0 Å². The molecule has 2 amide bonds. The largest absolute Gasteiger partial charge is 0.494 e. The van der Waals surface area contributed by atoms with Gasteiger partial charge in [-0.3, -0.25) is 0 Å². The highest BCUT2D eigenvalue weighted by atomic mass is 16.5. The van der Waals surface area contributed by atoms with Crippen molar-refractivity contribution in [3.8, 4) is 5.75 Å². The number of amides is 2. The van der Waals surface area contributed by atoms with Crippen molar-refractivity contribution < 1.29 is 14.6 Å². The number of hydrogen-bond acceptors (Lipinski definition) is 3. The third kappa shape index (κ3) is 4.63. The third-order valence-electron chi connectivity index (χ3n) is 2.35. The average molecular weight is 252 g/mol. The second kappa shape index (κ2) is 7.55. The molecule has 0 aliphatic carbocycles. The third-order valence-corrected chi connectivity index (χ3v) is 2.35. The molecule has 1 rings (SSSR count). The monoisotopic (exact) mass is 252 g/mol. The van der Waals surface area contributed by atoms with E-state index < -0.39 is 0 Å². The summed E-state index contributed by atoms with van der Waals surface area (Å²) in [6, 6.07) is 5.22. The summed E-state index contributed by atoms with van der Waals surface area (Å²) in [6.45, 7) is 5.01. The van der Waals surface area contributed by atoms with Crippen LogP contribution < -0.4 is 15.4 Å². The van der Waals surface area contributed by atoms with E-state index in [4.69, 9.17) is 9.84 Å². The highest BCUT2D eigenvalue weighted by molar-refractivity contribution is 5.89. The molecule has 100 valence electrons. The van der Waals surface area contributed by atoms with Gasteiger partial charge < -0.3 is 20.5 Å². The van der Waals surface area contributed by atoms with Crippen molar-refractivity contribution in [3.63, 3.8) is 0 Å². The van der Waals surface area contributed by atoms with Gasteiger partial charge in [-0.15, -0.1) is 0 Å². The van der Waals surface area contributed by atoms with Crippen LogP contribution in [0.5, 0.6) is 5.75 Å². The SMILES string of the molecule is CCOc1ccc(NC(=O)NCCCO)cc1C. The topological polar surface area (TPSA) is 70.6 Å². The molecule has 0 unspecified atom stereocenters. The highest BCUT2D eigenvalue weighted by Gasteiger charge is 2.04. The summed E-state index contributed by atoms with van der Waals surface area (Å²) in [5.74, 6) is 0.823. The molecule has 3 N–H and O–H groups in total. The molecule has 0 aliphatic heterocycles. The summed E-state index contributed by atoms with van der Waals surface area (Å²) in [5.41, 5.74) is 1.70. The summed E-state index contributed by atoms with van der Waals surface area (Å²) in [6.07, 6.45) is 0.551. The molecule has 0 fully saturated rings. The van der Waals surface area contributed by atoms with Gasteiger partial charge in [0.05, 0.1) is 6.61 Å². The Bertz CT molecular complexity index is 394. The molecule has 0 aliphatic rings. The Morgan fingerprint density at radius 3 is 2.83 bits per heavy atom. The Morgan fingerprint density at radius 1 is 1.44 bits per heavy atom. The van der Waals surface area contributed by atoms with E-state index in [1.54, 1.807) is 6.07 Å². The Kier molecular flexibility index (Phi) is 6.00. The predicted octanol–water partition coefficient (Wildman–Crippen LogP) is 1.90. The van der Waals surface area contributed by atoms with Crippen molar-refractivity contribution in [2.45, 2.75) is 20.3 Å². The lowest BCUT2D eigenvalue weighted by Crippen LogP contribution is -2.29. The number of aliphatic hydroxyl groups excluding tert-OH is 1. The molecular formula is C13H20N2O3. The van der Waals surface area contributed by atoms with Gasteiger partial charge in [-0.05, 0) is 44.0 Å². The van der Waals surface area contributed by atoms with Gasteiger partial charge in [0.1, 0.15) is 5.75 Å². The summed E-state index contributed by atoms with van der Waals surface area (Å²) in [5, 5.41) is 14.0. The van der Waals surface area contributed by atoms with Crippen molar-refractivity contribution in [2.24, 2.45) is 0 Å². The maximum atomic E-state index is 11.5. The molecule has 0 saturated heterocycles. The van der Waals surface area contributed by atoms with Crippen molar-refractivity contribution in [1.29, 1.82) is 0 Å². The second-order valence-electron chi connectivity index (χ2n) is 3.87. The molecule has 0 heterocycles. The predicted molar refractivity (Wildman–Crippen MR) is 71.1 cm³/mol. The van der Waals surface area contributed by atoms with E-state index in [0.717, 1.165) is 17.0 Å². The van der Waals surface area contributed by atoms with Crippen LogP contribution in [0, 0.1) is 6.92 Å². The number of carbonyl (C=O) groups is 1. The zero-order valence-electron chi connectivity index (χ0n) is 10.8. The van der Waals surface area contributed by atoms with Crippen LogP contribution in [0.25, 0.3) is 0 Å². The van der Waals surface area contributed by atoms with Gasteiger partial charge in [0.2, 0.25) is 0 Å². The number of ether oxygens (including phenoxy) is 1. The summed E-state index contributed by atoms with van der Waals surface area (Å²) >= 11 is 0. The van der Waals surface area contributed by atoms with Gasteiger partial charge in [0, 0.05) is 18.8 Å². The van der Waals surface area contributed by atoms with Crippen LogP contribution in [0.3, 0.4) is 0 Å². The second-order valence-corrected chi connectivity index (χ2v) is 3.87. The average Bonchev–Trinajstić information content (AvgIpc) is 2.33. The van der Waals surface area contributed by atoms with Crippen LogP contribution in [-0.4, -0.2) is 30.9 Å². The van der Waals surface area contributed by atoms with Crippen LogP contribution in [0.1, 0.15) is 18.9 Å². The molecule has 1 aromatic carbocycles. The molecule has 0 spiro atoms. The van der Waals surface area contributed by atoms with E-state index in [1.807, 2.05) is 26.0 Å². The smallest absolute Gasteiger partial charge is 0.319 e. The number of benzene rings is 1. The molecule has 1 aromatic rings. The minimum atomic E-state index is -0.271. The van der Waals surface area contributed by atoms with Gasteiger partial charge in [-0.2, -0.15) is 0 Å². The quantitative estimate of drug-likeness (QED) is 0.677. The Labute approximate surface area is 107 Å². The van der Waals surface area contributed by atoms with Crippen molar-refractivity contribution in [2.75, 3.05) is 25.1 Å². The molecule has 18 heavy (non-hydrogen) atoms. The van der Waals surface area contributed by atoms with Crippen LogP contribution in [0.2, 0.25) is 0 Å². The fourth-order valence-corrected chi connectivity index (χ4v) is 1.50. The van der Waals surface area contributed by atoms with E-state index in [9.17, 15) is 4.79 Å². The number of aryl methyl sites for hydroxylation is 1. The van der Waals surface area contributed by atoms with Crippen molar-refractivity contribution in [3.05, 3.63) is 23.8 Å². The molecule has 5 heteroatoms. The highest BCUT2D eigenvalue weighted by Crippen LogP contribution is 2.21. The van der Waals surface area contributed by atoms with Crippen molar-refractivity contribution >= 4 is 11.7 Å². The van der Waals surface area contributed by atoms with Gasteiger partial charge >= 0.3 is 6.03 Å². The maximum absolute atomic E-state index is 11.5. The molecule has 5 nitrogen and oxygen atoms in total. The fourth-order valence-electron chi connectivity index (χ4n) is 1.50. The van der Waals surface area contributed by atoms with E-state index in [2.05, 4.69) is 10.6 Å². The number of nitrogens with one attached hydrogen (secondary N) is 2. The fraction of sp³-hybridized carbons (Fsp3) is 0.462. The Morgan fingerprint density at radius 2 is 2.22 bits per heavy atom. The lowest BCUT2D eigenvalue weighted by Gasteiger charge is -2.10. The van der Waals surface area contributed by atoms with Gasteiger partial charge in [0.15, 0.2) is 0 Å². The van der Waals surface area contributed by atoms with Crippen LogP contribution in [0.4, 0.5) is 10.5 Å². The number of anilines is 1.